The predicted octanol–water partition coefficient (Wildman–Crippen LogP) is 0.352. The fraction of sp³-hybridized carbons (Fsp3) is 1.00. The molecule has 0 aliphatic heterocycles. The van der Waals surface area contributed by atoms with Crippen LogP contribution in [0.4, 0.5) is 0 Å². The second kappa shape index (κ2) is 4.34. The lowest BCUT2D eigenvalue weighted by Crippen LogP contribution is -2.41. The highest BCUT2D eigenvalue weighted by Crippen LogP contribution is 2.24. The average Bonchev–Trinajstić information content (AvgIpc) is 1.98. The maximum atomic E-state index is 11.4. The zero-order chi connectivity index (χ0) is 11.6. The molecule has 0 amide bonds. The van der Waals surface area contributed by atoms with E-state index >= 15 is 0 Å². The molecule has 0 radical (unpaired) electrons. The number of alkyl halides is 1. The van der Waals surface area contributed by atoms with Gasteiger partial charge in [0.05, 0.1) is 6.61 Å². The molecule has 0 aliphatic carbocycles. The lowest BCUT2D eigenvalue weighted by Gasteiger charge is -2.21. The molecule has 8 heteroatoms. The Morgan fingerprint density at radius 3 is 1.93 bits per heavy atom. The molecule has 86 valence electrons. The van der Waals surface area contributed by atoms with Crippen LogP contribution in [0.1, 0.15) is 13.8 Å². The average molecular weight is 265 g/mol. The third-order valence-corrected chi connectivity index (χ3v) is 6.95. The highest BCUT2D eigenvalue weighted by atomic mass is 35.5. The van der Waals surface area contributed by atoms with Gasteiger partial charge in [-0.3, -0.25) is 4.18 Å². The van der Waals surface area contributed by atoms with Crippen molar-refractivity contribution in [2.75, 3.05) is 18.7 Å². The van der Waals surface area contributed by atoms with Crippen molar-refractivity contribution in [3.8, 4) is 0 Å². The molecule has 14 heavy (non-hydrogen) atoms. The van der Waals surface area contributed by atoms with Crippen molar-refractivity contribution in [2.45, 2.75) is 17.9 Å². The number of sulfone groups is 1. The molecule has 0 bridgehead atoms. The molecule has 0 heterocycles. The van der Waals surface area contributed by atoms with E-state index in [4.69, 9.17) is 11.6 Å². The van der Waals surface area contributed by atoms with Crippen LogP contribution < -0.4 is 0 Å². The molecule has 0 unspecified atom stereocenters. The van der Waals surface area contributed by atoms with Gasteiger partial charge in [0.25, 0.3) is 10.1 Å². The molecule has 0 fully saturated rings. The summed E-state index contributed by atoms with van der Waals surface area (Å²) < 4.78 is 47.6. The maximum Gasteiger partial charge on any atom is 0.287 e. The molecular weight excluding hydrogens is 252 g/mol. The maximum absolute atomic E-state index is 11.4. The van der Waals surface area contributed by atoms with E-state index in [0.29, 0.717) is 0 Å². The van der Waals surface area contributed by atoms with Gasteiger partial charge in [0.15, 0.2) is 13.9 Å². The zero-order valence-electron chi connectivity index (χ0n) is 8.15. The third-order valence-electron chi connectivity index (χ3n) is 1.81. The Morgan fingerprint density at radius 1 is 1.21 bits per heavy atom. The topological polar surface area (TPSA) is 77.5 Å². The minimum atomic E-state index is -4.15. The molecule has 0 N–H and O–H groups in total. The predicted molar refractivity (Wildman–Crippen MR) is 54.5 cm³/mol. The molecule has 0 rings (SSSR count). The van der Waals surface area contributed by atoms with Gasteiger partial charge >= 0.3 is 0 Å². The summed E-state index contributed by atoms with van der Waals surface area (Å²) in [6.07, 6.45) is 0.842. The summed E-state index contributed by atoms with van der Waals surface area (Å²) in [5.74, 6) is -0.0148. The van der Waals surface area contributed by atoms with Crippen LogP contribution in [0, 0.1) is 0 Å². The number of hydrogen-bond acceptors (Lipinski definition) is 5. The van der Waals surface area contributed by atoms with Gasteiger partial charge in [-0.05, 0) is 13.8 Å². The van der Waals surface area contributed by atoms with Crippen LogP contribution >= 0.6 is 11.6 Å². The van der Waals surface area contributed by atoms with Crippen molar-refractivity contribution in [3.05, 3.63) is 0 Å². The van der Waals surface area contributed by atoms with E-state index < -0.39 is 24.0 Å². The van der Waals surface area contributed by atoms with E-state index in [9.17, 15) is 16.8 Å². The zero-order valence-corrected chi connectivity index (χ0v) is 10.5. The first-order chi connectivity index (χ1) is 6.06. The lowest BCUT2D eigenvalue weighted by molar-refractivity contribution is 0.331. The van der Waals surface area contributed by atoms with E-state index in [2.05, 4.69) is 4.18 Å². The standard InChI is InChI=1S/C6H13ClO5S2/c1-6(2,13(3,8)9)14(10,11)12-5-4-7/h4-5H2,1-3H3. The lowest BCUT2D eigenvalue weighted by atomic mass is 10.5. The van der Waals surface area contributed by atoms with Gasteiger partial charge in [0.1, 0.15) is 0 Å². The summed E-state index contributed by atoms with van der Waals surface area (Å²) in [5, 5.41) is 0. The normalized spacial score (nSPS) is 14.3. The number of rotatable bonds is 5. The molecule has 0 aromatic rings. The van der Waals surface area contributed by atoms with Crippen molar-refractivity contribution in [1.82, 2.24) is 0 Å². The Morgan fingerprint density at radius 2 is 1.64 bits per heavy atom. The number of halogens is 1. The molecule has 0 aromatic carbocycles. The minimum absolute atomic E-state index is 0.0148. The van der Waals surface area contributed by atoms with Crippen molar-refractivity contribution in [2.24, 2.45) is 0 Å². The van der Waals surface area contributed by atoms with Crippen LogP contribution in [0.15, 0.2) is 0 Å². The summed E-state index contributed by atoms with van der Waals surface area (Å²) in [7, 11) is -7.90. The van der Waals surface area contributed by atoms with Gasteiger partial charge in [-0.25, -0.2) is 8.42 Å². The fourth-order valence-electron chi connectivity index (χ4n) is 0.469. The Labute approximate surface area is 89.4 Å². The van der Waals surface area contributed by atoms with Crippen molar-refractivity contribution in [1.29, 1.82) is 0 Å². The Kier molecular flexibility index (Phi) is 4.39. The molecule has 0 atom stereocenters. The third kappa shape index (κ3) is 2.82. The van der Waals surface area contributed by atoms with E-state index in [1.807, 2.05) is 0 Å². The first-order valence-electron chi connectivity index (χ1n) is 3.71. The summed E-state index contributed by atoms with van der Waals surface area (Å²) in [6.45, 7) is 1.92. The molecule has 0 aromatic heterocycles. The van der Waals surface area contributed by atoms with Crippen LogP contribution in [0.25, 0.3) is 0 Å². The highest BCUT2D eigenvalue weighted by molar-refractivity contribution is 8.07. The summed E-state index contributed by atoms with van der Waals surface area (Å²) >= 11 is 5.23. The monoisotopic (exact) mass is 264 g/mol. The summed E-state index contributed by atoms with van der Waals surface area (Å²) in [6, 6.07) is 0. The van der Waals surface area contributed by atoms with E-state index in [-0.39, 0.29) is 12.5 Å². The molecule has 0 saturated heterocycles. The van der Waals surface area contributed by atoms with Crippen LogP contribution in [0.2, 0.25) is 0 Å². The van der Waals surface area contributed by atoms with Crippen molar-refractivity contribution < 1.29 is 21.0 Å². The van der Waals surface area contributed by atoms with Crippen LogP contribution in [-0.2, 0) is 24.1 Å². The van der Waals surface area contributed by atoms with Gasteiger partial charge in [0.2, 0.25) is 0 Å². The van der Waals surface area contributed by atoms with Crippen LogP contribution in [-0.4, -0.2) is 39.7 Å². The Balaban J connectivity index is 5.11. The highest BCUT2D eigenvalue weighted by Gasteiger charge is 2.45. The van der Waals surface area contributed by atoms with Crippen LogP contribution in [0.5, 0.6) is 0 Å². The van der Waals surface area contributed by atoms with Crippen LogP contribution in [0.3, 0.4) is 0 Å². The molecule has 0 aliphatic rings. The van der Waals surface area contributed by atoms with Crippen molar-refractivity contribution in [3.63, 3.8) is 0 Å². The van der Waals surface area contributed by atoms with Gasteiger partial charge in [-0.2, -0.15) is 8.42 Å². The summed E-state index contributed by atoms with van der Waals surface area (Å²) in [5.41, 5.74) is 0. The quantitative estimate of drug-likeness (QED) is 0.529. The molecule has 5 nitrogen and oxygen atoms in total. The number of hydrogen-bond donors (Lipinski definition) is 0. The first kappa shape index (κ1) is 14.2. The molecule has 0 spiro atoms. The van der Waals surface area contributed by atoms with Gasteiger partial charge < -0.3 is 0 Å². The summed E-state index contributed by atoms with van der Waals surface area (Å²) in [4.78, 5) is 0. The van der Waals surface area contributed by atoms with E-state index in [0.717, 1.165) is 20.1 Å². The van der Waals surface area contributed by atoms with E-state index in [1.165, 1.54) is 0 Å². The second-order valence-corrected chi connectivity index (χ2v) is 8.50. The van der Waals surface area contributed by atoms with E-state index in [1.54, 1.807) is 0 Å². The fourth-order valence-corrected chi connectivity index (χ4v) is 2.85. The SMILES string of the molecule is CC(C)(S(C)(=O)=O)S(=O)(=O)OCCCl. The Bertz CT molecular complexity index is 380. The second-order valence-electron chi connectivity index (χ2n) is 3.14. The van der Waals surface area contributed by atoms with Gasteiger partial charge in [-0.15, -0.1) is 11.6 Å². The molecular formula is C6H13ClO5S2. The minimum Gasteiger partial charge on any atom is -0.268 e. The van der Waals surface area contributed by atoms with Crippen molar-refractivity contribution >= 4 is 31.6 Å². The first-order valence-corrected chi connectivity index (χ1v) is 7.54. The Hall–Kier alpha value is 0.150. The van der Waals surface area contributed by atoms with Gasteiger partial charge in [-0.1, -0.05) is 0 Å². The van der Waals surface area contributed by atoms with Gasteiger partial charge in [0, 0.05) is 12.1 Å². The molecule has 0 saturated carbocycles. The smallest absolute Gasteiger partial charge is 0.268 e. The largest absolute Gasteiger partial charge is 0.287 e.